The first kappa shape index (κ1) is 15.5. The van der Waals surface area contributed by atoms with Gasteiger partial charge in [0.1, 0.15) is 0 Å². The summed E-state index contributed by atoms with van der Waals surface area (Å²) in [5.74, 6) is 0.565. The van der Waals surface area contributed by atoms with Crippen LogP contribution in [0.4, 0.5) is 0 Å². The molecular formula is C16H26N4O2. The molecule has 1 aromatic heterocycles. The fraction of sp³-hybridized carbons (Fsp3) is 0.750. The molecule has 22 heavy (non-hydrogen) atoms. The standard InChI is InChI=1S/C16H26N4O2/c1-11(2)18-16(21)14-9-20(8-12-6-17-19(3)7-12)10-15-13(14)4-5-22-15/h6-7,11,13-15H,4-5,8-10H2,1-3H3,(H,18,21)/t13-,14+,15+/m1/s1. The maximum Gasteiger partial charge on any atom is 0.224 e. The summed E-state index contributed by atoms with van der Waals surface area (Å²) in [4.78, 5) is 14.9. The second kappa shape index (κ2) is 6.38. The molecule has 6 heteroatoms. The molecule has 6 nitrogen and oxygen atoms in total. The summed E-state index contributed by atoms with van der Waals surface area (Å²) in [6.07, 6.45) is 5.12. The number of hydrogen-bond acceptors (Lipinski definition) is 4. The highest BCUT2D eigenvalue weighted by Crippen LogP contribution is 2.34. The lowest BCUT2D eigenvalue weighted by Gasteiger charge is -2.39. The van der Waals surface area contributed by atoms with Gasteiger partial charge in [0, 0.05) is 57.0 Å². The summed E-state index contributed by atoms with van der Waals surface area (Å²) >= 11 is 0. The van der Waals surface area contributed by atoms with Crippen LogP contribution < -0.4 is 5.32 Å². The maximum absolute atomic E-state index is 12.5. The number of aromatic nitrogens is 2. The van der Waals surface area contributed by atoms with Crippen molar-refractivity contribution in [2.45, 2.75) is 39.0 Å². The number of ether oxygens (including phenoxy) is 1. The van der Waals surface area contributed by atoms with Crippen molar-refractivity contribution in [1.29, 1.82) is 0 Å². The third-order valence-corrected chi connectivity index (χ3v) is 4.60. The van der Waals surface area contributed by atoms with Gasteiger partial charge in [-0.2, -0.15) is 5.10 Å². The molecule has 0 unspecified atom stereocenters. The van der Waals surface area contributed by atoms with Crippen molar-refractivity contribution >= 4 is 5.91 Å². The van der Waals surface area contributed by atoms with Gasteiger partial charge in [-0.1, -0.05) is 0 Å². The molecule has 1 amide bonds. The Kier molecular flexibility index (Phi) is 4.49. The number of aryl methyl sites for hydroxylation is 1. The number of rotatable bonds is 4. The zero-order valence-electron chi connectivity index (χ0n) is 13.7. The molecule has 2 saturated heterocycles. The Hall–Kier alpha value is -1.40. The van der Waals surface area contributed by atoms with Gasteiger partial charge in [0.05, 0.1) is 18.2 Å². The third-order valence-electron chi connectivity index (χ3n) is 4.60. The topological polar surface area (TPSA) is 59.4 Å². The van der Waals surface area contributed by atoms with Crippen LogP contribution in [-0.4, -0.2) is 52.4 Å². The predicted molar refractivity (Wildman–Crippen MR) is 83.1 cm³/mol. The number of piperidine rings is 1. The third kappa shape index (κ3) is 3.33. The second-order valence-electron chi connectivity index (χ2n) is 6.85. The molecule has 122 valence electrons. The number of carbonyl (C=O) groups is 1. The highest BCUT2D eigenvalue weighted by molar-refractivity contribution is 5.79. The molecule has 0 bridgehead atoms. The van der Waals surface area contributed by atoms with Crippen LogP contribution >= 0.6 is 0 Å². The van der Waals surface area contributed by atoms with Crippen LogP contribution in [0.25, 0.3) is 0 Å². The first-order chi connectivity index (χ1) is 10.5. The normalized spacial score (nSPS) is 28.8. The summed E-state index contributed by atoms with van der Waals surface area (Å²) in [6.45, 7) is 7.34. The largest absolute Gasteiger partial charge is 0.377 e. The summed E-state index contributed by atoms with van der Waals surface area (Å²) < 4.78 is 7.69. The Morgan fingerprint density at radius 2 is 2.32 bits per heavy atom. The van der Waals surface area contributed by atoms with E-state index in [0.717, 1.165) is 32.7 Å². The Bertz CT molecular complexity index is 528. The van der Waals surface area contributed by atoms with Crippen molar-refractivity contribution < 1.29 is 9.53 Å². The number of nitrogens with one attached hydrogen (secondary N) is 1. The number of amides is 1. The van der Waals surface area contributed by atoms with E-state index in [-0.39, 0.29) is 24.0 Å². The van der Waals surface area contributed by atoms with Gasteiger partial charge in [0.25, 0.3) is 0 Å². The molecule has 0 aromatic carbocycles. The lowest BCUT2D eigenvalue weighted by Crippen LogP contribution is -2.53. The monoisotopic (exact) mass is 306 g/mol. The molecular weight excluding hydrogens is 280 g/mol. The van der Waals surface area contributed by atoms with Crippen molar-refractivity contribution in [2.75, 3.05) is 19.7 Å². The quantitative estimate of drug-likeness (QED) is 0.893. The van der Waals surface area contributed by atoms with E-state index in [1.165, 1.54) is 5.56 Å². The summed E-state index contributed by atoms with van der Waals surface area (Å²) in [7, 11) is 1.93. The first-order valence-corrected chi connectivity index (χ1v) is 8.15. The molecule has 2 aliphatic rings. The van der Waals surface area contributed by atoms with Gasteiger partial charge in [-0.25, -0.2) is 0 Å². The maximum atomic E-state index is 12.5. The van der Waals surface area contributed by atoms with Crippen LogP contribution in [-0.2, 0) is 23.1 Å². The molecule has 1 aromatic rings. The average molecular weight is 306 g/mol. The number of fused-ring (bicyclic) bond motifs is 1. The summed E-state index contributed by atoms with van der Waals surface area (Å²) in [6, 6.07) is 0.182. The number of nitrogens with zero attached hydrogens (tertiary/aromatic N) is 3. The fourth-order valence-corrected chi connectivity index (χ4v) is 3.67. The van der Waals surface area contributed by atoms with E-state index in [9.17, 15) is 4.79 Å². The molecule has 2 fully saturated rings. The fourth-order valence-electron chi connectivity index (χ4n) is 3.67. The zero-order chi connectivity index (χ0) is 15.7. The van der Waals surface area contributed by atoms with Gasteiger partial charge in [0.2, 0.25) is 5.91 Å². The molecule has 0 spiro atoms. The highest BCUT2D eigenvalue weighted by Gasteiger charge is 2.43. The molecule has 3 atom stereocenters. The van der Waals surface area contributed by atoms with E-state index in [1.54, 1.807) is 0 Å². The molecule has 0 saturated carbocycles. The number of hydrogen-bond donors (Lipinski definition) is 1. The summed E-state index contributed by atoms with van der Waals surface area (Å²) in [5.41, 5.74) is 1.18. The van der Waals surface area contributed by atoms with Crippen molar-refractivity contribution in [3.63, 3.8) is 0 Å². The molecule has 2 aliphatic heterocycles. The minimum absolute atomic E-state index is 0.0281. The van der Waals surface area contributed by atoms with Crippen LogP contribution in [0.2, 0.25) is 0 Å². The molecule has 3 rings (SSSR count). The van der Waals surface area contributed by atoms with Crippen LogP contribution in [0.3, 0.4) is 0 Å². The zero-order valence-corrected chi connectivity index (χ0v) is 13.7. The van der Waals surface area contributed by atoms with Gasteiger partial charge in [0.15, 0.2) is 0 Å². The van der Waals surface area contributed by atoms with E-state index in [2.05, 4.69) is 15.3 Å². The van der Waals surface area contributed by atoms with E-state index < -0.39 is 0 Å². The SMILES string of the molecule is CC(C)NC(=O)[C@H]1CN(Cc2cnn(C)c2)C[C@@H]2OCC[C@@H]21. The Morgan fingerprint density at radius 1 is 1.50 bits per heavy atom. The lowest BCUT2D eigenvalue weighted by atomic mass is 9.82. The van der Waals surface area contributed by atoms with E-state index >= 15 is 0 Å². The van der Waals surface area contributed by atoms with Gasteiger partial charge in [-0.15, -0.1) is 0 Å². The van der Waals surface area contributed by atoms with Crippen molar-refractivity contribution in [2.24, 2.45) is 18.9 Å². The molecule has 0 radical (unpaired) electrons. The van der Waals surface area contributed by atoms with E-state index in [0.29, 0.717) is 5.92 Å². The van der Waals surface area contributed by atoms with Crippen molar-refractivity contribution in [3.05, 3.63) is 18.0 Å². The lowest BCUT2D eigenvalue weighted by molar-refractivity contribution is -0.131. The minimum atomic E-state index is 0.0281. The van der Waals surface area contributed by atoms with E-state index in [4.69, 9.17) is 4.74 Å². The Morgan fingerprint density at radius 3 is 3.00 bits per heavy atom. The first-order valence-electron chi connectivity index (χ1n) is 8.15. The van der Waals surface area contributed by atoms with Crippen LogP contribution in [0, 0.1) is 11.8 Å². The smallest absolute Gasteiger partial charge is 0.224 e. The van der Waals surface area contributed by atoms with Gasteiger partial charge in [-0.05, 0) is 20.3 Å². The number of likely N-dealkylation sites (tertiary alicyclic amines) is 1. The molecule has 3 heterocycles. The molecule has 1 N–H and O–H groups in total. The van der Waals surface area contributed by atoms with Gasteiger partial charge in [-0.3, -0.25) is 14.4 Å². The molecule has 0 aliphatic carbocycles. The van der Waals surface area contributed by atoms with Crippen LogP contribution in [0.5, 0.6) is 0 Å². The van der Waals surface area contributed by atoms with Crippen LogP contribution in [0.1, 0.15) is 25.8 Å². The summed E-state index contributed by atoms with van der Waals surface area (Å²) in [5, 5.41) is 7.30. The van der Waals surface area contributed by atoms with Gasteiger partial charge >= 0.3 is 0 Å². The Balaban J connectivity index is 1.70. The Labute approximate surface area is 131 Å². The van der Waals surface area contributed by atoms with Crippen molar-refractivity contribution in [3.8, 4) is 0 Å². The number of carbonyl (C=O) groups excluding carboxylic acids is 1. The second-order valence-corrected chi connectivity index (χ2v) is 6.85. The predicted octanol–water partition coefficient (Wildman–Crippen LogP) is 0.782. The minimum Gasteiger partial charge on any atom is -0.377 e. The van der Waals surface area contributed by atoms with Crippen LogP contribution in [0.15, 0.2) is 12.4 Å². The van der Waals surface area contributed by atoms with Crippen molar-refractivity contribution in [1.82, 2.24) is 20.0 Å². The highest BCUT2D eigenvalue weighted by atomic mass is 16.5. The average Bonchev–Trinajstić information content (AvgIpc) is 3.06. The van der Waals surface area contributed by atoms with E-state index in [1.807, 2.05) is 38.0 Å². The van der Waals surface area contributed by atoms with Gasteiger partial charge < -0.3 is 10.1 Å².